The van der Waals surface area contributed by atoms with Crippen LogP contribution in [0.3, 0.4) is 0 Å². The van der Waals surface area contributed by atoms with Crippen LogP contribution in [0.2, 0.25) is 0 Å². The van der Waals surface area contributed by atoms with Crippen LogP contribution in [0.25, 0.3) is 10.6 Å². The zero-order chi connectivity index (χ0) is 22.0. The van der Waals surface area contributed by atoms with Gasteiger partial charge < -0.3 is 10.1 Å². The molecule has 31 heavy (non-hydrogen) atoms. The fraction of sp³-hybridized carbons (Fsp3) is 0.250. The van der Waals surface area contributed by atoms with Crippen molar-refractivity contribution >= 4 is 28.6 Å². The number of carbonyl (C=O) groups is 1. The van der Waals surface area contributed by atoms with Crippen molar-refractivity contribution in [1.29, 1.82) is 0 Å². The second-order valence-electron chi connectivity index (χ2n) is 6.97. The van der Waals surface area contributed by atoms with Crippen molar-refractivity contribution in [3.63, 3.8) is 0 Å². The van der Waals surface area contributed by atoms with Crippen molar-refractivity contribution in [2.45, 2.75) is 12.3 Å². The molecule has 4 rings (SSSR count). The molecule has 0 saturated carbocycles. The maximum Gasteiger partial charge on any atom is 0.282 e. The molecule has 3 heterocycles. The first-order valence-corrected chi connectivity index (χ1v) is 11.0. The molecule has 0 fully saturated rings. The molecule has 8 nitrogen and oxygen atoms in total. The minimum absolute atomic E-state index is 0.150. The van der Waals surface area contributed by atoms with E-state index in [1.807, 2.05) is 12.3 Å². The predicted molar refractivity (Wildman–Crippen MR) is 116 cm³/mol. The van der Waals surface area contributed by atoms with Gasteiger partial charge in [-0.3, -0.25) is 4.79 Å². The third-order valence-electron chi connectivity index (χ3n) is 5.00. The maximum absolute atomic E-state index is 14.0. The van der Waals surface area contributed by atoms with Crippen molar-refractivity contribution in [3.05, 3.63) is 63.4 Å². The number of aromatic nitrogens is 5. The van der Waals surface area contributed by atoms with E-state index in [-0.39, 0.29) is 11.6 Å². The summed E-state index contributed by atoms with van der Waals surface area (Å²) in [4.78, 5) is 17.3. The number of methoxy groups -OCH3 is 1. The summed E-state index contributed by atoms with van der Waals surface area (Å²) in [6, 6.07) is 6.25. The summed E-state index contributed by atoms with van der Waals surface area (Å²) in [6.45, 7) is 2.19. The molecule has 11 heteroatoms. The molecule has 1 aromatic carbocycles. The molecule has 1 atom stereocenters. The number of nitrogens with zero attached hydrogens (tertiary/aromatic N) is 5. The van der Waals surface area contributed by atoms with E-state index in [4.69, 9.17) is 4.74 Å². The van der Waals surface area contributed by atoms with Crippen molar-refractivity contribution in [2.75, 3.05) is 13.7 Å². The van der Waals surface area contributed by atoms with Gasteiger partial charge in [0.05, 0.1) is 29.9 Å². The third kappa shape index (κ3) is 3.93. The van der Waals surface area contributed by atoms with Crippen LogP contribution in [0.1, 0.15) is 28.0 Å². The standard InChI is InChI=1S/C20H19FN6O2S2/c1-20(15-9-30-11-23-15,13-8-24-27(2)19(13)29-3)10-22-16(28)18-26-25-17(31-18)12-6-4-5-7-14(12)21/h4-9,11H,10H2,1-3H3,(H,22,28). The maximum atomic E-state index is 14.0. The number of amides is 1. The van der Waals surface area contributed by atoms with Gasteiger partial charge in [0.25, 0.3) is 5.91 Å². The summed E-state index contributed by atoms with van der Waals surface area (Å²) in [5.74, 6) is -0.225. The molecular formula is C20H19FN6O2S2. The third-order valence-corrected chi connectivity index (χ3v) is 6.54. The predicted octanol–water partition coefficient (Wildman–Crippen LogP) is 3.28. The molecule has 0 aliphatic rings. The zero-order valence-corrected chi connectivity index (χ0v) is 18.6. The first-order valence-electron chi connectivity index (χ1n) is 9.25. The highest BCUT2D eigenvalue weighted by molar-refractivity contribution is 7.16. The highest BCUT2D eigenvalue weighted by atomic mass is 32.1. The first kappa shape index (κ1) is 21.1. The fourth-order valence-electron chi connectivity index (χ4n) is 3.25. The number of ether oxygens (including phenoxy) is 1. The van der Waals surface area contributed by atoms with E-state index in [1.54, 1.807) is 48.7 Å². The van der Waals surface area contributed by atoms with E-state index < -0.39 is 17.1 Å². The summed E-state index contributed by atoms with van der Waals surface area (Å²) in [5, 5.41) is 17.6. The first-order chi connectivity index (χ1) is 14.9. The largest absolute Gasteiger partial charge is 0.481 e. The number of aryl methyl sites for hydroxylation is 1. The molecule has 1 N–H and O–H groups in total. The van der Waals surface area contributed by atoms with Gasteiger partial charge in [0.2, 0.25) is 10.9 Å². The Morgan fingerprint density at radius 3 is 2.84 bits per heavy atom. The topological polar surface area (TPSA) is 94.8 Å². The van der Waals surface area contributed by atoms with Crippen LogP contribution >= 0.6 is 22.7 Å². The van der Waals surface area contributed by atoms with Gasteiger partial charge in [-0.1, -0.05) is 23.5 Å². The number of hydrogen-bond donors (Lipinski definition) is 1. The van der Waals surface area contributed by atoms with E-state index in [0.29, 0.717) is 16.5 Å². The van der Waals surface area contributed by atoms with Crippen LogP contribution in [0, 0.1) is 5.82 Å². The van der Waals surface area contributed by atoms with Crippen molar-refractivity contribution in [1.82, 2.24) is 30.3 Å². The molecule has 0 bridgehead atoms. The molecule has 0 aliphatic heterocycles. The minimum Gasteiger partial charge on any atom is -0.481 e. The second-order valence-corrected chi connectivity index (χ2v) is 8.67. The Kier molecular flexibility index (Phi) is 5.79. The molecule has 0 aliphatic carbocycles. The van der Waals surface area contributed by atoms with Crippen LogP contribution in [-0.2, 0) is 12.5 Å². The summed E-state index contributed by atoms with van der Waals surface area (Å²) >= 11 is 2.50. The molecule has 4 aromatic rings. The molecule has 1 unspecified atom stereocenters. The van der Waals surface area contributed by atoms with Gasteiger partial charge in [-0.15, -0.1) is 21.5 Å². The Labute approximate surface area is 185 Å². The summed E-state index contributed by atoms with van der Waals surface area (Å²) < 4.78 is 21.2. The summed E-state index contributed by atoms with van der Waals surface area (Å²) in [7, 11) is 3.36. The second kappa shape index (κ2) is 8.52. The van der Waals surface area contributed by atoms with Crippen LogP contribution in [0.5, 0.6) is 5.88 Å². The lowest BCUT2D eigenvalue weighted by Crippen LogP contribution is -2.40. The highest BCUT2D eigenvalue weighted by Gasteiger charge is 2.36. The van der Waals surface area contributed by atoms with E-state index >= 15 is 0 Å². The number of thiazole rings is 1. The van der Waals surface area contributed by atoms with E-state index in [0.717, 1.165) is 22.6 Å². The fourth-order valence-corrected chi connectivity index (χ4v) is 4.72. The molecule has 0 spiro atoms. The lowest BCUT2D eigenvalue weighted by atomic mass is 9.81. The Bertz CT molecular complexity index is 1210. The van der Waals surface area contributed by atoms with Crippen LogP contribution in [0.15, 0.2) is 41.4 Å². The van der Waals surface area contributed by atoms with E-state index in [2.05, 4.69) is 25.6 Å². The average Bonchev–Trinajstić information content (AvgIpc) is 3.53. The van der Waals surface area contributed by atoms with Crippen LogP contribution < -0.4 is 10.1 Å². The van der Waals surface area contributed by atoms with E-state index in [9.17, 15) is 9.18 Å². The van der Waals surface area contributed by atoms with Crippen LogP contribution in [0.4, 0.5) is 4.39 Å². The lowest BCUT2D eigenvalue weighted by Gasteiger charge is -2.28. The van der Waals surface area contributed by atoms with E-state index in [1.165, 1.54) is 17.4 Å². The van der Waals surface area contributed by atoms with Gasteiger partial charge >= 0.3 is 0 Å². The van der Waals surface area contributed by atoms with Gasteiger partial charge in [-0.2, -0.15) is 5.10 Å². The van der Waals surface area contributed by atoms with Crippen molar-refractivity contribution < 1.29 is 13.9 Å². The summed E-state index contributed by atoms with van der Waals surface area (Å²) in [5.41, 5.74) is 2.95. The number of hydrogen-bond acceptors (Lipinski definition) is 8. The van der Waals surface area contributed by atoms with Crippen molar-refractivity contribution in [2.24, 2.45) is 7.05 Å². The van der Waals surface area contributed by atoms with Crippen LogP contribution in [-0.4, -0.2) is 44.5 Å². The Morgan fingerprint density at radius 1 is 1.32 bits per heavy atom. The Balaban J connectivity index is 1.58. The van der Waals surface area contributed by atoms with Crippen molar-refractivity contribution in [3.8, 4) is 16.5 Å². The lowest BCUT2D eigenvalue weighted by molar-refractivity contribution is 0.0945. The quantitative estimate of drug-likeness (QED) is 0.457. The van der Waals surface area contributed by atoms with Gasteiger partial charge in [-0.25, -0.2) is 14.1 Å². The average molecular weight is 459 g/mol. The van der Waals surface area contributed by atoms with Gasteiger partial charge in [-0.05, 0) is 19.1 Å². The number of carbonyl (C=O) groups excluding carboxylic acids is 1. The van der Waals surface area contributed by atoms with Gasteiger partial charge in [0.1, 0.15) is 5.82 Å². The van der Waals surface area contributed by atoms with Gasteiger partial charge in [0.15, 0.2) is 5.01 Å². The monoisotopic (exact) mass is 458 g/mol. The Hall–Kier alpha value is -3.18. The SMILES string of the molecule is COc1c(C(C)(CNC(=O)c2nnc(-c3ccccc3F)s2)c2cscn2)cnn1C. The molecule has 0 radical (unpaired) electrons. The molecule has 0 saturated heterocycles. The molecule has 3 aromatic heterocycles. The smallest absolute Gasteiger partial charge is 0.282 e. The zero-order valence-electron chi connectivity index (χ0n) is 17.0. The molecule has 1 amide bonds. The number of halogens is 1. The summed E-state index contributed by atoms with van der Waals surface area (Å²) in [6.07, 6.45) is 1.71. The Morgan fingerprint density at radius 2 is 2.13 bits per heavy atom. The minimum atomic E-state index is -0.686. The number of benzene rings is 1. The molecular weight excluding hydrogens is 439 g/mol. The number of nitrogens with one attached hydrogen (secondary N) is 1. The van der Waals surface area contributed by atoms with Gasteiger partial charge in [0, 0.05) is 30.1 Å². The normalized spacial score (nSPS) is 13.0. The number of rotatable bonds is 7. The highest BCUT2D eigenvalue weighted by Crippen LogP contribution is 2.37. The molecule has 160 valence electrons.